The van der Waals surface area contributed by atoms with Crippen LogP contribution in [0.2, 0.25) is 0 Å². The Morgan fingerprint density at radius 2 is 2.00 bits per heavy atom. The summed E-state index contributed by atoms with van der Waals surface area (Å²) < 4.78 is -0.0344. The Labute approximate surface area is 122 Å². The van der Waals surface area contributed by atoms with Crippen molar-refractivity contribution >= 4 is 24.3 Å². The summed E-state index contributed by atoms with van der Waals surface area (Å²) in [5.74, 6) is -1.33. The van der Waals surface area contributed by atoms with E-state index in [1.165, 1.54) is 12.1 Å². The molecule has 9 heteroatoms. The fraction of sp³-hybridized carbons (Fsp3) is 0. The molecule has 0 fully saturated rings. The van der Waals surface area contributed by atoms with Gasteiger partial charge in [0.05, 0.1) is 11.8 Å². The Bertz CT molecular complexity index is 824. The van der Waals surface area contributed by atoms with Crippen molar-refractivity contribution in [3.8, 4) is 11.6 Å². The van der Waals surface area contributed by atoms with Crippen molar-refractivity contribution in [2.24, 2.45) is 5.10 Å². The summed E-state index contributed by atoms with van der Waals surface area (Å²) in [5, 5.41) is 22.5. The molecule has 1 aromatic heterocycles. The number of rotatable bonds is 3. The predicted molar refractivity (Wildman–Crippen MR) is 77.1 cm³/mol. The Morgan fingerprint density at radius 1 is 1.29 bits per heavy atom. The van der Waals surface area contributed by atoms with E-state index in [1.54, 1.807) is 12.1 Å². The molecule has 0 spiro atoms. The number of amides is 1. The van der Waals surface area contributed by atoms with Gasteiger partial charge in [0, 0.05) is 0 Å². The number of hydrazone groups is 1. The normalized spacial score (nSPS) is 10.7. The number of nitrogens with one attached hydrogen (secondary N) is 3. The van der Waals surface area contributed by atoms with Gasteiger partial charge in [-0.25, -0.2) is 5.43 Å². The Hall–Kier alpha value is -2.94. The van der Waals surface area contributed by atoms with E-state index >= 15 is 0 Å². The number of phenols is 1. The lowest BCUT2D eigenvalue weighted by molar-refractivity contribution is 0.0952. The van der Waals surface area contributed by atoms with Crippen LogP contribution < -0.4 is 11.0 Å². The molecule has 2 aromatic rings. The van der Waals surface area contributed by atoms with Crippen LogP contribution in [0.4, 0.5) is 0 Å². The molecule has 0 radical (unpaired) electrons. The average molecular weight is 306 g/mol. The maximum atomic E-state index is 11.7. The third kappa shape index (κ3) is 3.34. The van der Waals surface area contributed by atoms with Crippen LogP contribution in [0.15, 0.2) is 34.2 Å². The largest absolute Gasteiger partial charge is 0.507 e. The van der Waals surface area contributed by atoms with Crippen LogP contribution in [0, 0.1) is 4.77 Å². The minimum Gasteiger partial charge on any atom is -0.507 e. The molecular weight excluding hydrogens is 296 g/mol. The van der Waals surface area contributed by atoms with Crippen LogP contribution >= 0.6 is 12.2 Å². The van der Waals surface area contributed by atoms with Crippen molar-refractivity contribution in [3.63, 3.8) is 0 Å². The van der Waals surface area contributed by atoms with Gasteiger partial charge in [-0.1, -0.05) is 12.1 Å². The van der Waals surface area contributed by atoms with Gasteiger partial charge in [-0.05, 0) is 24.4 Å². The van der Waals surface area contributed by atoms with Gasteiger partial charge < -0.3 is 15.2 Å². The monoisotopic (exact) mass is 306 g/mol. The second kappa shape index (κ2) is 6.01. The van der Waals surface area contributed by atoms with Gasteiger partial charge in [0.1, 0.15) is 11.3 Å². The molecule has 0 aliphatic rings. The second-order valence-corrected chi connectivity index (χ2v) is 4.30. The van der Waals surface area contributed by atoms with Gasteiger partial charge in [-0.15, -0.1) is 0 Å². The lowest BCUT2D eigenvalue weighted by Crippen LogP contribution is -2.19. The highest BCUT2D eigenvalue weighted by Gasteiger charge is 2.09. The number of H-pyrrole nitrogens is 2. The minimum atomic E-state index is -0.663. The van der Waals surface area contributed by atoms with Crippen molar-refractivity contribution in [1.29, 1.82) is 0 Å². The van der Waals surface area contributed by atoms with Gasteiger partial charge in [-0.3, -0.25) is 14.6 Å². The molecule has 108 valence electrons. The maximum Gasteiger partial charge on any atom is 0.275 e. The number of aromatic amines is 2. The number of phenolic OH excluding ortho intramolecular Hbond substituents is 1. The molecule has 0 unspecified atom stereocenters. The molecule has 1 heterocycles. The molecule has 0 aliphatic heterocycles. The topological polar surface area (TPSA) is 131 Å². The van der Waals surface area contributed by atoms with E-state index in [1.807, 2.05) is 0 Å². The zero-order chi connectivity index (χ0) is 15.4. The molecule has 0 atom stereocenters. The SMILES string of the molecule is O=C(NN=Cc1c(O)[nH]c(=S)[nH]c1=O)c1ccccc1O. The molecule has 21 heavy (non-hydrogen) atoms. The van der Waals surface area contributed by atoms with Crippen molar-refractivity contribution in [3.05, 3.63) is 50.5 Å². The van der Waals surface area contributed by atoms with Crippen molar-refractivity contribution in [2.75, 3.05) is 0 Å². The van der Waals surface area contributed by atoms with Crippen LogP contribution in [0.25, 0.3) is 0 Å². The third-order valence-corrected chi connectivity index (χ3v) is 2.67. The lowest BCUT2D eigenvalue weighted by Gasteiger charge is -2.02. The summed E-state index contributed by atoms with van der Waals surface area (Å²) in [6.07, 6.45) is 0.956. The molecule has 1 aromatic carbocycles. The first-order valence-electron chi connectivity index (χ1n) is 5.66. The number of aromatic hydroxyl groups is 2. The predicted octanol–water partition coefficient (Wildman–Crippen LogP) is 0.608. The number of carbonyl (C=O) groups excluding carboxylic acids is 1. The number of benzene rings is 1. The van der Waals surface area contributed by atoms with E-state index in [9.17, 15) is 19.8 Å². The van der Waals surface area contributed by atoms with Crippen molar-refractivity contribution < 1.29 is 15.0 Å². The lowest BCUT2D eigenvalue weighted by atomic mass is 10.2. The van der Waals surface area contributed by atoms with Crippen molar-refractivity contribution in [2.45, 2.75) is 0 Å². The number of para-hydroxylation sites is 1. The smallest absolute Gasteiger partial charge is 0.275 e. The quantitative estimate of drug-likeness (QED) is 0.322. The molecule has 1 amide bonds. The highest BCUT2D eigenvalue weighted by atomic mass is 32.1. The zero-order valence-corrected chi connectivity index (χ0v) is 11.3. The Morgan fingerprint density at radius 3 is 2.67 bits per heavy atom. The van der Waals surface area contributed by atoms with Crippen LogP contribution in [-0.2, 0) is 0 Å². The zero-order valence-electron chi connectivity index (χ0n) is 10.5. The van der Waals surface area contributed by atoms with Gasteiger partial charge in [0.15, 0.2) is 4.77 Å². The summed E-state index contributed by atoms with van der Waals surface area (Å²) in [7, 11) is 0. The number of nitrogens with zero attached hydrogens (tertiary/aromatic N) is 1. The second-order valence-electron chi connectivity index (χ2n) is 3.89. The molecular formula is C12H10N4O4S. The van der Waals surface area contributed by atoms with Crippen LogP contribution in [0.5, 0.6) is 11.6 Å². The summed E-state index contributed by atoms with van der Waals surface area (Å²) in [5.41, 5.74) is 1.30. The standard InChI is InChI=1S/C12H10N4O4S/c17-8-4-2-1-3-6(8)11(20)16-13-5-7-9(18)14-12(21)15-10(7)19/h1-5,17H,(H,16,20)(H3,14,15,18,19,21). The van der Waals surface area contributed by atoms with Gasteiger partial charge in [0.25, 0.3) is 11.5 Å². The molecule has 2 rings (SSSR count). The molecule has 8 nitrogen and oxygen atoms in total. The molecule has 0 saturated heterocycles. The fourth-order valence-corrected chi connectivity index (χ4v) is 1.67. The van der Waals surface area contributed by atoms with E-state index in [0.29, 0.717) is 0 Å². The van der Waals surface area contributed by atoms with Gasteiger partial charge in [-0.2, -0.15) is 5.10 Å². The van der Waals surface area contributed by atoms with E-state index in [-0.39, 0.29) is 21.6 Å². The van der Waals surface area contributed by atoms with Crippen LogP contribution in [0.3, 0.4) is 0 Å². The number of aromatic nitrogens is 2. The average Bonchev–Trinajstić information content (AvgIpc) is 2.42. The van der Waals surface area contributed by atoms with E-state index in [4.69, 9.17) is 0 Å². The minimum absolute atomic E-state index is 0.0280. The van der Waals surface area contributed by atoms with Crippen molar-refractivity contribution in [1.82, 2.24) is 15.4 Å². The third-order valence-electron chi connectivity index (χ3n) is 2.47. The molecule has 5 N–H and O–H groups in total. The summed E-state index contributed by atoms with van der Waals surface area (Å²) in [6.45, 7) is 0. The summed E-state index contributed by atoms with van der Waals surface area (Å²) in [4.78, 5) is 27.8. The van der Waals surface area contributed by atoms with Gasteiger partial charge in [0.2, 0.25) is 5.88 Å². The highest BCUT2D eigenvalue weighted by Crippen LogP contribution is 2.14. The van der Waals surface area contributed by atoms with E-state index in [2.05, 4.69) is 32.7 Å². The number of hydrogen-bond donors (Lipinski definition) is 5. The van der Waals surface area contributed by atoms with Crippen LogP contribution in [0.1, 0.15) is 15.9 Å². The fourth-order valence-electron chi connectivity index (χ4n) is 1.49. The van der Waals surface area contributed by atoms with E-state index < -0.39 is 17.3 Å². The van der Waals surface area contributed by atoms with E-state index in [0.717, 1.165) is 6.21 Å². The molecule has 0 aliphatic carbocycles. The molecule has 0 saturated carbocycles. The summed E-state index contributed by atoms with van der Waals surface area (Å²) in [6, 6.07) is 5.90. The first-order valence-corrected chi connectivity index (χ1v) is 6.07. The highest BCUT2D eigenvalue weighted by molar-refractivity contribution is 7.71. The van der Waals surface area contributed by atoms with Gasteiger partial charge >= 0.3 is 0 Å². The molecule has 0 bridgehead atoms. The maximum absolute atomic E-state index is 11.7. The Kier molecular flexibility index (Phi) is 4.14. The Balaban J connectivity index is 2.17. The summed E-state index contributed by atoms with van der Waals surface area (Å²) >= 11 is 4.67. The van der Waals surface area contributed by atoms with Crippen LogP contribution in [-0.4, -0.2) is 32.3 Å². The first-order chi connectivity index (χ1) is 9.99. The number of hydrogen-bond acceptors (Lipinski definition) is 6. The first kappa shape index (κ1) is 14.5. The number of carbonyl (C=O) groups is 1.